The molecule has 1 atom stereocenters. The average molecular weight is 528 g/mol. The van der Waals surface area contributed by atoms with Crippen LogP contribution in [-0.2, 0) is 11.3 Å². The highest BCUT2D eigenvalue weighted by Gasteiger charge is 2.18. The monoisotopic (exact) mass is 527 g/mol. The molecular weight excluding hydrogens is 504 g/mol. The van der Waals surface area contributed by atoms with Crippen molar-refractivity contribution in [2.45, 2.75) is 19.6 Å². The SMILES string of the molecule is C[C@H](Oc1ccc2[nH]nc(/C(F)=C/c3ccc(CN4CCOCC4)nc3)c2c1)c1c(Cl)cncc1Cl. The van der Waals surface area contributed by atoms with Gasteiger partial charge in [0.15, 0.2) is 5.83 Å². The van der Waals surface area contributed by atoms with Crippen LogP contribution in [-0.4, -0.2) is 51.4 Å². The van der Waals surface area contributed by atoms with Gasteiger partial charge in [0.2, 0.25) is 0 Å². The molecule has 1 N–H and O–H groups in total. The number of aromatic nitrogens is 4. The maximum absolute atomic E-state index is 15.3. The van der Waals surface area contributed by atoms with Gasteiger partial charge in [-0.2, -0.15) is 5.10 Å². The predicted octanol–water partition coefficient (Wildman–Crippen LogP) is 6.10. The molecule has 5 rings (SSSR count). The number of nitrogens with zero attached hydrogens (tertiary/aromatic N) is 4. The molecule has 186 valence electrons. The first-order chi connectivity index (χ1) is 17.5. The number of H-pyrrole nitrogens is 1. The van der Waals surface area contributed by atoms with Crippen LogP contribution in [0, 0.1) is 0 Å². The molecule has 4 heterocycles. The third-order valence-electron chi connectivity index (χ3n) is 6.00. The van der Waals surface area contributed by atoms with Crippen molar-refractivity contribution in [2.24, 2.45) is 0 Å². The number of aromatic amines is 1. The zero-order valence-electron chi connectivity index (χ0n) is 19.5. The summed E-state index contributed by atoms with van der Waals surface area (Å²) >= 11 is 12.5. The van der Waals surface area contributed by atoms with E-state index < -0.39 is 11.9 Å². The number of halogens is 3. The highest BCUT2D eigenvalue weighted by molar-refractivity contribution is 6.35. The predicted molar refractivity (Wildman–Crippen MR) is 139 cm³/mol. The van der Waals surface area contributed by atoms with E-state index in [1.165, 1.54) is 18.5 Å². The maximum Gasteiger partial charge on any atom is 0.151 e. The summed E-state index contributed by atoms with van der Waals surface area (Å²) in [6.07, 6.45) is 5.69. The summed E-state index contributed by atoms with van der Waals surface area (Å²) in [7, 11) is 0. The van der Waals surface area contributed by atoms with Crippen LogP contribution in [0.4, 0.5) is 4.39 Å². The second-order valence-corrected chi connectivity index (χ2v) is 9.33. The molecule has 0 amide bonds. The Morgan fingerprint density at radius 2 is 1.94 bits per heavy atom. The summed E-state index contributed by atoms with van der Waals surface area (Å²) in [6, 6.07) is 9.09. The van der Waals surface area contributed by atoms with Gasteiger partial charge in [-0.1, -0.05) is 29.3 Å². The minimum Gasteiger partial charge on any atom is -0.486 e. The first-order valence-electron chi connectivity index (χ1n) is 11.5. The molecule has 0 aliphatic carbocycles. The number of hydrogen-bond donors (Lipinski definition) is 1. The molecule has 1 fully saturated rings. The number of rotatable bonds is 7. The lowest BCUT2D eigenvalue weighted by molar-refractivity contribution is 0.0336. The number of pyridine rings is 2. The average Bonchev–Trinajstić information content (AvgIpc) is 3.29. The van der Waals surface area contributed by atoms with Gasteiger partial charge in [-0.15, -0.1) is 0 Å². The third-order valence-corrected chi connectivity index (χ3v) is 6.60. The zero-order valence-corrected chi connectivity index (χ0v) is 21.1. The fraction of sp³-hybridized carbons (Fsp3) is 0.269. The molecule has 1 aliphatic rings. The number of nitrogens with one attached hydrogen (secondary N) is 1. The highest BCUT2D eigenvalue weighted by Crippen LogP contribution is 2.34. The summed E-state index contributed by atoms with van der Waals surface area (Å²) in [4.78, 5) is 10.8. The molecule has 0 spiro atoms. The van der Waals surface area contributed by atoms with E-state index in [2.05, 4.69) is 25.1 Å². The van der Waals surface area contributed by atoms with Gasteiger partial charge in [-0.05, 0) is 42.8 Å². The number of benzene rings is 1. The Morgan fingerprint density at radius 1 is 1.17 bits per heavy atom. The van der Waals surface area contributed by atoms with Gasteiger partial charge in [-0.3, -0.25) is 20.0 Å². The van der Waals surface area contributed by atoms with Crippen LogP contribution in [0.1, 0.15) is 35.5 Å². The number of morpholine rings is 1. The Kier molecular flexibility index (Phi) is 7.48. The summed E-state index contributed by atoms with van der Waals surface area (Å²) in [5.74, 6) is 0.0536. The van der Waals surface area contributed by atoms with Gasteiger partial charge in [0.1, 0.15) is 17.5 Å². The number of fused-ring (bicyclic) bond motifs is 1. The minimum atomic E-state index is -0.477. The fourth-order valence-corrected chi connectivity index (χ4v) is 4.81. The number of hydrogen-bond acceptors (Lipinski definition) is 6. The summed E-state index contributed by atoms with van der Waals surface area (Å²) in [6.45, 7) is 5.83. The van der Waals surface area contributed by atoms with Crippen LogP contribution in [0.5, 0.6) is 5.75 Å². The van der Waals surface area contributed by atoms with Crippen LogP contribution < -0.4 is 4.74 Å². The molecule has 4 aromatic rings. The normalized spacial score (nSPS) is 15.8. The standard InChI is InChI=1S/C26H24Cl2FN5O2/c1-16(25-21(27)13-30-14-22(25)28)36-19-4-5-24-20(11-19)26(33-32-24)23(29)10-17-2-3-18(31-12-17)15-34-6-8-35-9-7-34/h2-5,10-14,16H,6-9,15H2,1H3,(H,32,33)/b23-10-/t16-/m0/s1. The largest absolute Gasteiger partial charge is 0.486 e. The van der Waals surface area contributed by atoms with E-state index in [1.54, 1.807) is 24.4 Å². The van der Waals surface area contributed by atoms with E-state index in [1.807, 2.05) is 19.1 Å². The molecule has 1 saturated heterocycles. The van der Waals surface area contributed by atoms with Crippen molar-refractivity contribution in [1.82, 2.24) is 25.1 Å². The Bertz CT molecular complexity index is 1370. The molecule has 36 heavy (non-hydrogen) atoms. The van der Waals surface area contributed by atoms with Crippen molar-refractivity contribution in [3.63, 3.8) is 0 Å². The molecule has 0 saturated carbocycles. The molecule has 3 aromatic heterocycles. The van der Waals surface area contributed by atoms with Gasteiger partial charge in [0.05, 0.1) is 34.5 Å². The van der Waals surface area contributed by atoms with Gasteiger partial charge in [-0.25, -0.2) is 4.39 Å². The van der Waals surface area contributed by atoms with Gasteiger partial charge in [0.25, 0.3) is 0 Å². The van der Waals surface area contributed by atoms with E-state index in [9.17, 15) is 0 Å². The molecule has 0 bridgehead atoms. The molecule has 7 nitrogen and oxygen atoms in total. The van der Waals surface area contributed by atoms with Crippen molar-refractivity contribution >= 4 is 46.0 Å². The molecule has 0 radical (unpaired) electrons. The number of ether oxygens (including phenoxy) is 2. The van der Waals surface area contributed by atoms with Crippen LogP contribution in [0.3, 0.4) is 0 Å². The Labute approximate surface area is 217 Å². The van der Waals surface area contributed by atoms with E-state index in [-0.39, 0.29) is 5.69 Å². The smallest absolute Gasteiger partial charge is 0.151 e. The van der Waals surface area contributed by atoms with Crippen molar-refractivity contribution in [3.8, 4) is 5.75 Å². The van der Waals surface area contributed by atoms with Crippen LogP contribution in [0.2, 0.25) is 10.0 Å². The van der Waals surface area contributed by atoms with E-state index in [4.69, 9.17) is 32.7 Å². The quantitative estimate of drug-likeness (QED) is 0.313. The highest BCUT2D eigenvalue weighted by atomic mass is 35.5. The summed E-state index contributed by atoms with van der Waals surface area (Å²) in [5, 5.41) is 8.48. The van der Waals surface area contributed by atoms with Crippen molar-refractivity contribution in [1.29, 1.82) is 0 Å². The van der Waals surface area contributed by atoms with E-state index in [0.29, 0.717) is 37.8 Å². The maximum atomic E-state index is 15.3. The molecule has 1 aliphatic heterocycles. The van der Waals surface area contributed by atoms with Crippen LogP contribution in [0.25, 0.3) is 22.8 Å². The fourth-order valence-electron chi connectivity index (χ4n) is 4.14. The molecule has 10 heteroatoms. The second-order valence-electron chi connectivity index (χ2n) is 8.52. The summed E-state index contributed by atoms with van der Waals surface area (Å²) in [5.41, 5.74) is 3.10. The first-order valence-corrected chi connectivity index (χ1v) is 12.3. The molecular formula is C26H24Cl2FN5O2. The van der Waals surface area contributed by atoms with E-state index in [0.717, 1.165) is 38.5 Å². The Morgan fingerprint density at radius 3 is 2.67 bits per heavy atom. The minimum absolute atomic E-state index is 0.195. The van der Waals surface area contributed by atoms with Crippen LogP contribution in [0.15, 0.2) is 48.9 Å². The lowest BCUT2D eigenvalue weighted by atomic mass is 10.1. The zero-order chi connectivity index (χ0) is 25.1. The van der Waals surface area contributed by atoms with Gasteiger partial charge in [0, 0.05) is 49.2 Å². The van der Waals surface area contributed by atoms with E-state index >= 15 is 4.39 Å². The molecule has 0 unspecified atom stereocenters. The topological polar surface area (TPSA) is 76.2 Å². The van der Waals surface area contributed by atoms with Crippen molar-refractivity contribution in [3.05, 3.63) is 81.5 Å². The Balaban J connectivity index is 1.34. The third kappa shape index (κ3) is 5.52. The van der Waals surface area contributed by atoms with Crippen LogP contribution >= 0.6 is 23.2 Å². The lowest BCUT2D eigenvalue weighted by Gasteiger charge is -2.26. The van der Waals surface area contributed by atoms with Gasteiger partial charge >= 0.3 is 0 Å². The second kappa shape index (κ2) is 10.9. The lowest BCUT2D eigenvalue weighted by Crippen LogP contribution is -2.35. The first kappa shape index (κ1) is 24.6. The molecule has 1 aromatic carbocycles. The Hall–Kier alpha value is -3.04. The summed E-state index contributed by atoms with van der Waals surface area (Å²) < 4.78 is 26.7. The van der Waals surface area contributed by atoms with Crippen molar-refractivity contribution in [2.75, 3.05) is 26.3 Å². The van der Waals surface area contributed by atoms with Gasteiger partial charge < -0.3 is 9.47 Å². The van der Waals surface area contributed by atoms with Crippen molar-refractivity contribution < 1.29 is 13.9 Å².